The molecule has 3 N–H and O–H groups in total. The Hall–Kier alpha value is -2.47. The minimum Gasteiger partial charge on any atom is -0.384 e. The standard InChI is InChI=1S/C15H15N5S/c1-20(7-10-8-21-9-18-10)14-6-12(15(16)17)11-4-2-3-5-13(11)19-14/h2-6,8-9H,7H2,1H3,(H3,16,17). The van der Waals surface area contributed by atoms with Gasteiger partial charge in [0.2, 0.25) is 0 Å². The molecule has 0 fully saturated rings. The number of benzene rings is 1. The lowest BCUT2D eigenvalue weighted by molar-refractivity contribution is 0.877. The van der Waals surface area contributed by atoms with Crippen LogP contribution in [0.25, 0.3) is 10.9 Å². The second-order valence-electron chi connectivity index (χ2n) is 4.79. The summed E-state index contributed by atoms with van der Waals surface area (Å²) in [7, 11) is 1.96. The first-order valence-electron chi connectivity index (χ1n) is 6.47. The molecule has 6 heteroatoms. The normalized spacial score (nSPS) is 10.7. The van der Waals surface area contributed by atoms with Crippen LogP contribution in [-0.2, 0) is 6.54 Å². The number of aromatic nitrogens is 2. The van der Waals surface area contributed by atoms with E-state index >= 15 is 0 Å². The molecule has 0 bridgehead atoms. The molecule has 2 aromatic heterocycles. The summed E-state index contributed by atoms with van der Waals surface area (Å²) in [6, 6.07) is 9.58. The molecule has 0 aliphatic carbocycles. The Morgan fingerprint density at radius 1 is 1.38 bits per heavy atom. The quantitative estimate of drug-likeness (QED) is 0.573. The molecule has 0 spiro atoms. The number of nitrogens with two attached hydrogens (primary N) is 1. The lowest BCUT2D eigenvalue weighted by atomic mass is 10.1. The molecule has 0 aliphatic rings. The maximum absolute atomic E-state index is 7.77. The van der Waals surface area contributed by atoms with Gasteiger partial charge in [-0.15, -0.1) is 11.3 Å². The summed E-state index contributed by atoms with van der Waals surface area (Å²) in [5, 5.41) is 10.7. The molecule has 3 aromatic rings. The average molecular weight is 297 g/mol. The van der Waals surface area contributed by atoms with Crippen LogP contribution in [0.2, 0.25) is 0 Å². The van der Waals surface area contributed by atoms with E-state index in [2.05, 4.69) is 9.97 Å². The third-order valence-corrected chi connectivity index (χ3v) is 3.90. The van der Waals surface area contributed by atoms with Crippen LogP contribution in [0.5, 0.6) is 0 Å². The molecule has 0 radical (unpaired) electrons. The van der Waals surface area contributed by atoms with Gasteiger partial charge >= 0.3 is 0 Å². The van der Waals surface area contributed by atoms with Gasteiger partial charge in [0.25, 0.3) is 0 Å². The summed E-state index contributed by atoms with van der Waals surface area (Å²) in [4.78, 5) is 10.9. The summed E-state index contributed by atoms with van der Waals surface area (Å²) in [6.45, 7) is 0.673. The van der Waals surface area contributed by atoms with E-state index in [1.54, 1.807) is 11.3 Å². The van der Waals surface area contributed by atoms with Gasteiger partial charge < -0.3 is 10.6 Å². The molecular formula is C15H15N5S. The Kier molecular flexibility index (Phi) is 3.53. The number of nitrogen functional groups attached to an aromatic ring is 1. The van der Waals surface area contributed by atoms with Gasteiger partial charge in [-0.05, 0) is 12.1 Å². The number of nitrogens with zero attached hydrogens (tertiary/aromatic N) is 3. The number of amidine groups is 1. The first kappa shape index (κ1) is 13.5. The van der Waals surface area contributed by atoms with Gasteiger partial charge in [-0.3, -0.25) is 5.41 Å². The van der Waals surface area contributed by atoms with E-state index in [0.29, 0.717) is 12.1 Å². The number of nitrogens with one attached hydrogen (secondary N) is 1. The van der Waals surface area contributed by atoms with Crippen LogP contribution < -0.4 is 10.6 Å². The Balaban J connectivity index is 2.04. The second kappa shape index (κ2) is 5.49. The largest absolute Gasteiger partial charge is 0.384 e. The van der Waals surface area contributed by atoms with Gasteiger partial charge in [0.1, 0.15) is 11.7 Å². The predicted molar refractivity (Wildman–Crippen MR) is 87.0 cm³/mol. The van der Waals surface area contributed by atoms with E-state index in [-0.39, 0.29) is 5.84 Å². The monoisotopic (exact) mass is 297 g/mol. The van der Waals surface area contributed by atoms with Crippen molar-refractivity contribution >= 4 is 33.9 Å². The number of thiazole rings is 1. The number of rotatable bonds is 4. The number of fused-ring (bicyclic) bond motifs is 1. The zero-order chi connectivity index (χ0) is 14.8. The first-order valence-corrected chi connectivity index (χ1v) is 7.42. The van der Waals surface area contributed by atoms with E-state index in [1.165, 1.54) is 0 Å². The van der Waals surface area contributed by atoms with Crippen molar-refractivity contribution in [1.82, 2.24) is 9.97 Å². The molecule has 0 aliphatic heterocycles. The molecule has 0 atom stereocenters. The van der Waals surface area contributed by atoms with Crippen LogP contribution in [0, 0.1) is 5.41 Å². The Morgan fingerprint density at radius 2 is 2.19 bits per heavy atom. The molecular weight excluding hydrogens is 282 g/mol. The van der Waals surface area contributed by atoms with Gasteiger partial charge in [0.15, 0.2) is 0 Å². The highest BCUT2D eigenvalue weighted by atomic mass is 32.1. The van der Waals surface area contributed by atoms with Crippen LogP contribution in [-0.4, -0.2) is 22.9 Å². The van der Waals surface area contributed by atoms with Gasteiger partial charge in [0.05, 0.1) is 23.3 Å². The molecule has 21 heavy (non-hydrogen) atoms. The lowest BCUT2D eigenvalue weighted by Crippen LogP contribution is -2.20. The molecule has 106 valence electrons. The van der Waals surface area contributed by atoms with E-state index < -0.39 is 0 Å². The number of hydrogen-bond acceptors (Lipinski definition) is 5. The maximum atomic E-state index is 7.77. The molecule has 0 saturated carbocycles. The summed E-state index contributed by atoms with van der Waals surface area (Å²) in [5.74, 6) is 0.837. The molecule has 1 aromatic carbocycles. The van der Waals surface area contributed by atoms with Crippen LogP contribution >= 0.6 is 11.3 Å². The van der Waals surface area contributed by atoms with Gasteiger partial charge in [-0.2, -0.15) is 0 Å². The van der Waals surface area contributed by atoms with Crippen molar-refractivity contribution in [3.8, 4) is 0 Å². The fraction of sp³-hybridized carbons (Fsp3) is 0.133. The van der Waals surface area contributed by atoms with Crippen molar-refractivity contribution in [2.45, 2.75) is 6.54 Å². The molecule has 0 amide bonds. The second-order valence-corrected chi connectivity index (χ2v) is 5.51. The third kappa shape index (κ3) is 2.71. The molecule has 0 unspecified atom stereocenters. The van der Waals surface area contributed by atoms with Crippen LogP contribution in [0.1, 0.15) is 11.3 Å². The number of hydrogen-bond donors (Lipinski definition) is 2. The van der Waals surface area contributed by atoms with Gasteiger partial charge in [-0.25, -0.2) is 9.97 Å². The van der Waals surface area contributed by atoms with Crippen molar-refractivity contribution < 1.29 is 0 Å². The third-order valence-electron chi connectivity index (χ3n) is 3.27. The zero-order valence-electron chi connectivity index (χ0n) is 11.6. The van der Waals surface area contributed by atoms with Crippen LogP contribution in [0.15, 0.2) is 41.2 Å². The Bertz CT molecular complexity index is 782. The molecule has 5 nitrogen and oxygen atoms in total. The van der Waals surface area contributed by atoms with Crippen molar-refractivity contribution in [2.24, 2.45) is 5.73 Å². The van der Waals surface area contributed by atoms with Crippen molar-refractivity contribution in [3.05, 3.63) is 52.5 Å². The van der Waals surface area contributed by atoms with Crippen molar-refractivity contribution in [1.29, 1.82) is 5.41 Å². The summed E-state index contributed by atoms with van der Waals surface area (Å²) in [5.41, 5.74) is 10.1. The Morgan fingerprint density at radius 3 is 2.90 bits per heavy atom. The summed E-state index contributed by atoms with van der Waals surface area (Å²) in [6.07, 6.45) is 0. The van der Waals surface area contributed by atoms with E-state index in [0.717, 1.165) is 22.4 Å². The average Bonchev–Trinajstić information content (AvgIpc) is 2.98. The summed E-state index contributed by atoms with van der Waals surface area (Å²) >= 11 is 1.58. The maximum Gasteiger partial charge on any atom is 0.130 e. The minimum absolute atomic E-state index is 0.0527. The molecule has 0 saturated heterocycles. The minimum atomic E-state index is 0.0527. The van der Waals surface area contributed by atoms with E-state index in [9.17, 15) is 0 Å². The highest BCUT2D eigenvalue weighted by molar-refractivity contribution is 7.07. The highest BCUT2D eigenvalue weighted by Crippen LogP contribution is 2.23. The summed E-state index contributed by atoms with van der Waals surface area (Å²) < 4.78 is 0. The predicted octanol–water partition coefficient (Wildman–Crippen LogP) is 2.61. The number of para-hydroxylation sites is 1. The van der Waals surface area contributed by atoms with E-state index in [4.69, 9.17) is 11.1 Å². The lowest BCUT2D eigenvalue weighted by Gasteiger charge is -2.19. The van der Waals surface area contributed by atoms with Crippen molar-refractivity contribution in [2.75, 3.05) is 11.9 Å². The SMILES string of the molecule is CN(Cc1cscn1)c1cc(C(=N)N)c2ccccc2n1. The fourth-order valence-corrected chi connectivity index (χ4v) is 2.77. The van der Waals surface area contributed by atoms with Gasteiger partial charge in [0, 0.05) is 23.4 Å². The molecule has 2 heterocycles. The fourth-order valence-electron chi connectivity index (χ4n) is 2.22. The Labute approximate surface area is 126 Å². The number of anilines is 1. The van der Waals surface area contributed by atoms with Crippen LogP contribution in [0.3, 0.4) is 0 Å². The zero-order valence-corrected chi connectivity index (χ0v) is 12.4. The van der Waals surface area contributed by atoms with Crippen LogP contribution in [0.4, 0.5) is 5.82 Å². The van der Waals surface area contributed by atoms with Crippen molar-refractivity contribution in [3.63, 3.8) is 0 Å². The number of pyridine rings is 1. The van der Waals surface area contributed by atoms with E-state index in [1.807, 2.05) is 53.2 Å². The topological polar surface area (TPSA) is 78.9 Å². The smallest absolute Gasteiger partial charge is 0.130 e. The first-order chi connectivity index (χ1) is 10.1. The highest BCUT2D eigenvalue weighted by Gasteiger charge is 2.11. The molecule has 3 rings (SSSR count). The van der Waals surface area contributed by atoms with Gasteiger partial charge in [-0.1, -0.05) is 18.2 Å².